The number of rotatable bonds is 3. The van der Waals surface area contributed by atoms with Crippen LogP contribution in [0.5, 0.6) is 0 Å². The summed E-state index contributed by atoms with van der Waals surface area (Å²) in [6, 6.07) is 17.8. The minimum atomic E-state index is -0.580. The third-order valence-electron chi connectivity index (χ3n) is 9.46. The van der Waals surface area contributed by atoms with E-state index in [-0.39, 0.29) is 11.3 Å². The van der Waals surface area contributed by atoms with Crippen molar-refractivity contribution < 1.29 is 9.90 Å². The summed E-state index contributed by atoms with van der Waals surface area (Å²) in [4.78, 5) is 13.6. The zero-order chi connectivity index (χ0) is 20.8. The largest absolute Gasteiger partial charge is 0.390 e. The number of carbonyl (C=O) groups is 1. The van der Waals surface area contributed by atoms with Gasteiger partial charge in [0.05, 0.1) is 11.0 Å². The molecule has 7 aliphatic rings. The van der Waals surface area contributed by atoms with E-state index in [1.54, 1.807) is 0 Å². The standard InChI is InChI=1S/C28H31NO2/c30-26(27-11-17-9-18(12-27)14-28(31,13-17)16-27)29-15-19-10-24-20-5-1-3-7-22(20)25(19)23-8-4-2-6-21(23)24/h1-8,17-19,24-25,31H,9-16H2,(H,29,30). The van der Waals surface area contributed by atoms with Crippen LogP contribution in [0.25, 0.3) is 0 Å². The number of nitrogens with one attached hydrogen (secondary N) is 1. The van der Waals surface area contributed by atoms with Gasteiger partial charge in [-0.05, 0) is 85.0 Å². The first kappa shape index (κ1) is 18.4. The van der Waals surface area contributed by atoms with Crippen LogP contribution in [-0.2, 0) is 4.79 Å². The molecular weight excluding hydrogens is 382 g/mol. The molecule has 9 rings (SSSR count). The summed E-state index contributed by atoms with van der Waals surface area (Å²) < 4.78 is 0. The lowest BCUT2D eigenvalue weighted by atomic mass is 9.47. The molecule has 2 N–H and O–H groups in total. The second-order valence-corrected chi connectivity index (χ2v) is 11.5. The predicted molar refractivity (Wildman–Crippen MR) is 120 cm³/mol. The molecule has 2 aromatic carbocycles. The maximum Gasteiger partial charge on any atom is 0.226 e. The van der Waals surface area contributed by atoms with Crippen LogP contribution in [-0.4, -0.2) is 23.2 Å². The maximum atomic E-state index is 13.6. The highest BCUT2D eigenvalue weighted by molar-refractivity contribution is 5.83. The number of fused-ring (bicyclic) bond motifs is 1. The Balaban J connectivity index is 1.16. The van der Waals surface area contributed by atoms with Gasteiger partial charge in [-0.1, -0.05) is 48.5 Å². The van der Waals surface area contributed by atoms with Crippen molar-refractivity contribution in [1.82, 2.24) is 5.32 Å². The highest BCUT2D eigenvalue weighted by atomic mass is 16.3. The smallest absolute Gasteiger partial charge is 0.226 e. The Hall–Kier alpha value is -2.13. The molecular formula is C28H31NO2. The summed E-state index contributed by atoms with van der Waals surface area (Å²) in [5.74, 6) is 2.57. The molecule has 2 aromatic rings. The molecule has 4 fully saturated rings. The van der Waals surface area contributed by atoms with Crippen LogP contribution in [0, 0.1) is 23.2 Å². The Labute approximate surface area is 184 Å². The van der Waals surface area contributed by atoms with Crippen LogP contribution in [0.2, 0.25) is 0 Å². The third kappa shape index (κ3) is 2.59. The Morgan fingerprint density at radius 2 is 1.45 bits per heavy atom. The molecule has 3 unspecified atom stereocenters. The maximum absolute atomic E-state index is 13.6. The summed E-state index contributed by atoms with van der Waals surface area (Å²) in [5.41, 5.74) is 4.99. The van der Waals surface area contributed by atoms with Crippen LogP contribution >= 0.6 is 0 Å². The molecule has 1 amide bonds. The molecule has 7 aliphatic carbocycles. The first-order valence-corrected chi connectivity index (χ1v) is 12.2. The zero-order valence-electron chi connectivity index (χ0n) is 18.0. The minimum Gasteiger partial charge on any atom is -0.390 e. The number of benzene rings is 2. The molecule has 6 bridgehead atoms. The van der Waals surface area contributed by atoms with Gasteiger partial charge < -0.3 is 10.4 Å². The molecule has 31 heavy (non-hydrogen) atoms. The van der Waals surface area contributed by atoms with Crippen molar-refractivity contribution in [3.63, 3.8) is 0 Å². The van der Waals surface area contributed by atoms with Crippen molar-refractivity contribution in [2.75, 3.05) is 6.54 Å². The highest BCUT2D eigenvalue weighted by Gasteiger charge is 2.60. The molecule has 3 heteroatoms. The zero-order valence-corrected chi connectivity index (χ0v) is 18.0. The van der Waals surface area contributed by atoms with Gasteiger partial charge in [-0.2, -0.15) is 0 Å². The van der Waals surface area contributed by atoms with Crippen molar-refractivity contribution >= 4 is 5.91 Å². The van der Waals surface area contributed by atoms with Gasteiger partial charge in [-0.3, -0.25) is 4.79 Å². The van der Waals surface area contributed by atoms with E-state index in [4.69, 9.17) is 0 Å². The molecule has 0 spiro atoms. The van der Waals surface area contributed by atoms with E-state index in [0.29, 0.717) is 36.0 Å². The molecule has 3 atom stereocenters. The van der Waals surface area contributed by atoms with Crippen LogP contribution in [0.1, 0.15) is 79.0 Å². The molecule has 0 radical (unpaired) electrons. The van der Waals surface area contributed by atoms with Crippen molar-refractivity contribution in [3.05, 3.63) is 70.8 Å². The van der Waals surface area contributed by atoms with E-state index < -0.39 is 5.60 Å². The van der Waals surface area contributed by atoms with Gasteiger partial charge in [0.1, 0.15) is 0 Å². The van der Waals surface area contributed by atoms with Crippen LogP contribution < -0.4 is 5.32 Å². The molecule has 3 nitrogen and oxygen atoms in total. The second-order valence-electron chi connectivity index (χ2n) is 11.5. The first-order valence-electron chi connectivity index (χ1n) is 12.2. The van der Waals surface area contributed by atoms with E-state index >= 15 is 0 Å². The lowest BCUT2D eigenvalue weighted by Crippen LogP contribution is -2.60. The fourth-order valence-electron chi connectivity index (χ4n) is 8.85. The molecule has 0 aromatic heterocycles. The lowest BCUT2D eigenvalue weighted by Gasteiger charge is -2.59. The van der Waals surface area contributed by atoms with Crippen LogP contribution in [0.15, 0.2) is 48.5 Å². The van der Waals surface area contributed by atoms with Gasteiger partial charge in [0.25, 0.3) is 0 Å². The molecule has 160 valence electrons. The van der Waals surface area contributed by atoms with Gasteiger partial charge in [0, 0.05) is 18.4 Å². The average molecular weight is 414 g/mol. The van der Waals surface area contributed by atoms with Gasteiger partial charge in [-0.15, -0.1) is 0 Å². The molecule has 0 saturated heterocycles. The fourth-order valence-corrected chi connectivity index (χ4v) is 8.85. The SMILES string of the molecule is O=C(NCC1CC2c3ccccc3C1c1ccccc12)C12CC3CC(CC(O)(C3)C1)C2. The third-order valence-corrected chi connectivity index (χ3v) is 9.46. The van der Waals surface area contributed by atoms with Gasteiger partial charge in [-0.25, -0.2) is 0 Å². The van der Waals surface area contributed by atoms with Crippen molar-refractivity contribution in [3.8, 4) is 0 Å². The Bertz CT molecular complexity index is 1010. The van der Waals surface area contributed by atoms with Gasteiger partial charge in [0.15, 0.2) is 0 Å². The average Bonchev–Trinajstić information content (AvgIpc) is 2.76. The molecule has 4 saturated carbocycles. The van der Waals surface area contributed by atoms with Gasteiger partial charge in [0.2, 0.25) is 5.91 Å². The first-order chi connectivity index (χ1) is 15.0. The summed E-state index contributed by atoms with van der Waals surface area (Å²) in [6.45, 7) is 0.748. The number of hydrogen-bond donors (Lipinski definition) is 2. The van der Waals surface area contributed by atoms with Crippen molar-refractivity contribution in [2.24, 2.45) is 23.2 Å². The van der Waals surface area contributed by atoms with E-state index in [1.807, 2.05) is 0 Å². The summed E-state index contributed by atoms with van der Waals surface area (Å²) in [5, 5.41) is 14.5. The molecule has 0 aliphatic heterocycles. The Kier molecular flexibility index (Phi) is 3.70. The lowest BCUT2D eigenvalue weighted by molar-refractivity contribution is -0.178. The summed E-state index contributed by atoms with van der Waals surface area (Å²) >= 11 is 0. The summed E-state index contributed by atoms with van der Waals surface area (Å²) in [7, 11) is 0. The number of hydrogen-bond acceptors (Lipinski definition) is 2. The van der Waals surface area contributed by atoms with E-state index in [1.165, 1.54) is 28.7 Å². The topological polar surface area (TPSA) is 49.3 Å². The Morgan fingerprint density at radius 3 is 2.03 bits per heavy atom. The quantitative estimate of drug-likeness (QED) is 0.764. The van der Waals surface area contributed by atoms with Gasteiger partial charge >= 0.3 is 0 Å². The van der Waals surface area contributed by atoms with Crippen molar-refractivity contribution in [2.45, 2.75) is 62.4 Å². The minimum absolute atomic E-state index is 0.225. The van der Waals surface area contributed by atoms with E-state index in [9.17, 15) is 9.90 Å². The van der Waals surface area contributed by atoms with E-state index in [2.05, 4.69) is 53.8 Å². The highest BCUT2D eigenvalue weighted by Crippen LogP contribution is 2.62. The normalized spacial score (nSPS) is 41.0. The summed E-state index contributed by atoms with van der Waals surface area (Å²) in [6.07, 6.45) is 6.82. The number of carbonyl (C=O) groups excluding carboxylic acids is 1. The van der Waals surface area contributed by atoms with Crippen LogP contribution in [0.4, 0.5) is 0 Å². The number of amides is 1. The monoisotopic (exact) mass is 413 g/mol. The van der Waals surface area contributed by atoms with E-state index in [0.717, 1.165) is 38.6 Å². The second kappa shape index (κ2) is 6.22. The number of aliphatic hydroxyl groups is 1. The predicted octanol–water partition coefficient (Wildman–Crippen LogP) is 4.73. The Morgan fingerprint density at radius 1 is 0.871 bits per heavy atom. The fraction of sp³-hybridized carbons (Fsp3) is 0.536. The molecule has 0 heterocycles. The van der Waals surface area contributed by atoms with Crippen molar-refractivity contribution in [1.29, 1.82) is 0 Å². The van der Waals surface area contributed by atoms with Crippen LogP contribution in [0.3, 0.4) is 0 Å².